The van der Waals surface area contributed by atoms with Gasteiger partial charge in [-0.1, -0.05) is 6.92 Å². The number of nitrogens with zero attached hydrogens (tertiary/aromatic N) is 3. The summed E-state index contributed by atoms with van der Waals surface area (Å²) in [6.45, 7) is 3.39. The molecule has 1 aliphatic heterocycles. The van der Waals surface area contributed by atoms with Gasteiger partial charge in [0.25, 0.3) is 0 Å². The molecule has 1 rings (SSSR count). The standard InChI is InChI=1S/C13H23N3O4/c1-3-6-16(10-12(18)19)13(20)14(2)9-11(17)15-7-4-5-8-15/h3-10H2,1-2H3,(H,18,19). The summed E-state index contributed by atoms with van der Waals surface area (Å²) in [6, 6.07) is -0.415. The van der Waals surface area contributed by atoms with Crippen LogP contribution in [0.3, 0.4) is 0 Å². The number of likely N-dealkylation sites (tertiary alicyclic amines) is 1. The molecule has 0 spiro atoms. The minimum Gasteiger partial charge on any atom is -0.480 e. The maximum Gasteiger partial charge on any atom is 0.323 e. The fourth-order valence-electron chi connectivity index (χ4n) is 2.25. The van der Waals surface area contributed by atoms with E-state index in [9.17, 15) is 14.4 Å². The van der Waals surface area contributed by atoms with Crippen molar-refractivity contribution in [3.63, 3.8) is 0 Å². The summed E-state index contributed by atoms with van der Waals surface area (Å²) in [4.78, 5) is 39.1. The van der Waals surface area contributed by atoms with Gasteiger partial charge in [0.15, 0.2) is 0 Å². The van der Waals surface area contributed by atoms with E-state index in [0.717, 1.165) is 25.9 Å². The second-order valence-electron chi connectivity index (χ2n) is 5.04. The predicted molar refractivity (Wildman–Crippen MR) is 73.3 cm³/mol. The minimum atomic E-state index is -1.05. The van der Waals surface area contributed by atoms with Gasteiger partial charge in [0.05, 0.1) is 0 Å². The first-order valence-electron chi connectivity index (χ1n) is 6.95. The zero-order valence-corrected chi connectivity index (χ0v) is 12.2. The summed E-state index contributed by atoms with van der Waals surface area (Å²) in [6.07, 6.45) is 2.68. The maximum atomic E-state index is 12.1. The first kappa shape index (κ1) is 16.3. The third-order valence-corrected chi connectivity index (χ3v) is 3.25. The van der Waals surface area contributed by atoms with Crippen molar-refractivity contribution in [3.8, 4) is 0 Å². The van der Waals surface area contributed by atoms with Gasteiger partial charge >= 0.3 is 12.0 Å². The molecule has 0 aromatic rings. The molecule has 0 radical (unpaired) electrons. The van der Waals surface area contributed by atoms with Crippen molar-refractivity contribution in [3.05, 3.63) is 0 Å². The van der Waals surface area contributed by atoms with E-state index in [0.29, 0.717) is 13.0 Å². The zero-order valence-electron chi connectivity index (χ0n) is 12.2. The molecule has 7 nitrogen and oxygen atoms in total. The number of hydrogen-bond acceptors (Lipinski definition) is 3. The van der Waals surface area contributed by atoms with Crippen molar-refractivity contribution >= 4 is 17.9 Å². The van der Waals surface area contributed by atoms with Crippen LogP contribution in [-0.4, -0.2) is 77.5 Å². The fourth-order valence-corrected chi connectivity index (χ4v) is 2.25. The van der Waals surface area contributed by atoms with Crippen LogP contribution in [0.2, 0.25) is 0 Å². The number of rotatable bonds is 6. The van der Waals surface area contributed by atoms with Crippen LogP contribution in [-0.2, 0) is 9.59 Å². The molecule has 1 heterocycles. The van der Waals surface area contributed by atoms with E-state index < -0.39 is 12.0 Å². The van der Waals surface area contributed by atoms with E-state index in [-0.39, 0.29) is 19.0 Å². The maximum absolute atomic E-state index is 12.1. The molecular weight excluding hydrogens is 262 g/mol. The van der Waals surface area contributed by atoms with Crippen LogP contribution >= 0.6 is 0 Å². The van der Waals surface area contributed by atoms with Gasteiger partial charge < -0.3 is 19.8 Å². The van der Waals surface area contributed by atoms with E-state index in [2.05, 4.69) is 0 Å². The van der Waals surface area contributed by atoms with E-state index in [4.69, 9.17) is 5.11 Å². The highest BCUT2D eigenvalue weighted by Gasteiger charge is 2.24. The summed E-state index contributed by atoms with van der Waals surface area (Å²) >= 11 is 0. The number of aliphatic carboxylic acids is 1. The lowest BCUT2D eigenvalue weighted by Crippen LogP contribution is -2.47. The highest BCUT2D eigenvalue weighted by Crippen LogP contribution is 2.08. The Morgan fingerprint density at radius 3 is 2.25 bits per heavy atom. The van der Waals surface area contributed by atoms with Gasteiger partial charge in [0.2, 0.25) is 5.91 Å². The summed E-state index contributed by atoms with van der Waals surface area (Å²) in [7, 11) is 1.53. The molecule has 1 N–H and O–H groups in total. The minimum absolute atomic E-state index is 0.00132. The smallest absolute Gasteiger partial charge is 0.323 e. The van der Waals surface area contributed by atoms with Crippen molar-refractivity contribution in [2.24, 2.45) is 0 Å². The van der Waals surface area contributed by atoms with Gasteiger partial charge in [-0.2, -0.15) is 0 Å². The molecule has 20 heavy (non-hydrogen) atoms. The summed E-state index contributed by atoms with van der Waals surface area (Å²) < 4.78 is 0. The van der Waals surface area contributed by atoms with Crippen LogP contribution in [0.1, 0.15) is 26.2 Å². The molecule has 0 saturated carbocycles. The molecule has 7 heteroatoms. The molecule has 0 aliphatic carbocycles. The molecule has 0 bridgehead atoms. The monoisotopic (exact) mass is 285 g/mol. The summed E-state index contributed by atoms with van der Waals surface area (Å²) in [5.74, 6) is -1.13. The number of carboxylic acids is 1. The first-order valence-corrected chi connectivity index (χ1v) is 6.95. The number of carbonyl (C=O) groups excluding carboxylic acids is 2. The lowest BCUT2D eigenvalue weighted by atomic mass is 10.4. The first-order chi connectivity index (χ1) is 9.45. The normalized spacial score (nSPS) is 14.2. The van der Waals surface area contributed by atoms with Crippen LogP contribution in [0.25, 0.3) is 0 Å². The molecule has 0 aromatic carbocycles. The Bertz CT molecular complexity index is 367. The third kappa shape index (κ3) is 4.71. The van der Waals surface area contributed by atoms with Crippen molar-refractivity contribution in [1.29, 1.82) is 0 Å². The molecule has 0 unspecified atom stereocenters. The van der Waals surface area contributed by atoms with Gasteiger partial charge in [-0.05, 0) is 19.3 Å². The van der Waals surface area contributed by atoms with Crippen molar-refractivity contribution in [2.75, 3.05) is 39.8 Å². The number of likely N-dealkylation sites (N-methyl/N-ethyl adjacent to an activating group) is 1. The van der Waals surface area contributed by atoms with Gasteiger partial charge in [0.1, 0.15) is 13.1 Å². The topological polar surface area (TPSA) is 81.2 Å². The molecule has 0 aromatic heterocycles. The summed E-state index contributed by atoms with van der Waals surface area (Å²) in [5, 5.41) is 8.81. The molecular formula is C13H23N3O4. The van der Waals surface area contributed by atoms with Gasteiger partial charge in [-0.3, -0.25) is 9.59 Å². The quantitative estimate of drug-likeness (QED) is 0.768. The Balaban J connectivity index is 2.54. The number of carbonyl (C=O) groups is 3. The zero-order chi connectivity index (χ0) is 15.1. The average molecular weight is 285 g/mol. The second-order valence-corrected chi connectivity index (χ2v) is 5.04. The van der Waals surface area contributed by atoms with Crippen LogP contribution in [0.5, 0.6) is 0 Å². The number of urea groups is 1. The van der Waals surface area contributed by atoms with Gasteiger partial charge in [0, 0.05) is 26.7 Å². The highest BCUT2D eigenvalue weighted by molar-refractivity contribution is 5.85. The third-order valence-electron chi connectivity index (χ3n) is 3.25. The molecule has 1 aliphatic rings. The molecule has 1 saturated heterocycles. The Labute approximate surface area is 119 Å². The number of amides is 3. The van der Waals surface area contributed by atoms with Gasteiger partial charge in [-0.15, -0.1) is 0 Å². The van der Waals surface area contributed by atoms with Crippen LogP contribution in [0, 0.1) is 0 Å². The van der Waals surface area contributed by atoms with Crippen molar-refractivity contribution in [1.82, 2.24) is 14.7 Å². The van der Waals surface area contributed by atoms with Gasteiger partial charge in [-0.25, -0.2) is 4.79 Å². The van der Waals surface area contributed by atoms with E-state index >= 15 is 0 Å². The molecule has 0 atom stereocenters. The number of carboxylic acid groups (broad SMARTS) is 1. The lowest BCUT2D eigenvalue weighted by Gasteiger charge is -2.27. The Morgan fingerprint density at radius 2 is 1.75 bits per heavy atom. The Hall–Kier alpha value is -1.79. The van der Waals surface area contributed by atoms with Crippen molar-refractivity contribution < 1.29 is 19.5 Å². The second kappa shape index (κ2) is 7.72. The predicted octanol–water partition coefficient (Wildman–Crippen LogP) is 0.457. The highest BCUT2D eigenvalue weighted by atomic mass is 16.4. The van der Waals surface area contributed by atoms with E-state index in [1.807, 2.05) is 6.92 Å². The molecule has 3 amide bonds. The SMILES string of the molecule is CCCN(CC(=O)O)C(=O)N(C)CC(=O)N1CCCC1. The van der Waals surface area contributed by atoms with E-state index in [1.54, 1.807) is 4.90 Å². The number of hydrogen-bond donors (Lipinski definition) is 1. The Morgan fingerprint density at radius 1 is 1.15 bits per heavy atom. The fraction of sp³-hybridized carbons (Fsp3) is 0.769. The largest absolute Gasteiger partial charge is 0.480 e. The van der Waals surface area contributed by atoms with E-state index in [1.165, 1.54) is 16.8 Å². The molecule has 1 fully saturated rings. The lowest BCUT2D eigenvalue weighted by molar-refractivity contribution is -0.137. The Kier molecular flexibility index (Phi) is 6.27. The van der Waals surface area contributed by atoms with Crippen LogP contribution in [0.15, 0.2) is 0 Å². The summed E-state index contributed by atoms with van der Waals surface area (Å²) in [5.41, 5.74) is 0. The van der Waals surface area contributed by atoms with Crippen molar-refractivity contribution in [2.45, 2.75) is 26.2 Å². The van der Waals surface area contributed by atoms with Crippen LogP contribution in [0.4, 0.5) is 4.79 Å². The average Bonchev–Trinajstić information content (AvgIpc) is 2.90. The van der Waals surface area contributed by atoms with Crippen LogP contribution < -0.4 is 0 Å². The molecule has 114 valence electrons.